The van der Waals surface area contributed by atoms with Crippen LogP contribution in [-0.4, -0.2) is 42.7 Å². The van der Waals surface area contributed by atoms with Crippen LogP contribution in [0.3, 0.4) is 0 Å². The lowest BCUT2D eigenvalue weighted by Crippen LogP contribution is -2.44. The molecule has 1 atom stereocenters. The van der Waals surface area contributed by atoms with Gasteiger partial charge in [0, 0.05) is 25.4 Å². The van der Waals surface area contributed by atoms with Crippen LogP contribution in [0.5, 0.6) is 0 Å². The minimum atomic E-state index is -4.32. The third-order valence-corrected chi connectivity index (χ3v) is 5.30. The molecule has 0 aromatic carbocycles. The Bertz CT molecular complexity index is 423. The lowest BCUT2D eigenvalue weighted by Gasteiger charge is -2.31. The summed E-state index contributed by atoms with van der Waals surface area (Å²) in [6.07, 6.45) is -4.47. The van der Waals surface area contributed by atoms with Crippen LogP contribution in [0.2, 0.25) is 0 Å². The number of alkyl halides is 3. The van der Waals surface area contributed by atoms with Crippen LogP contribution in [-0.2, 0) is 10.0 Å². The van der Waals surface area contributed by atoms with Gasteiger partial charge in [-0.3, -0.25) is 0 Å². The molecule has 2 N–H and O–H groups in total. The zero-order chi connectivity index (χ0) is 14.7. The van der Waals surface area contributed by atoms with Gasteiger partial charge in [0.15, 0.2) is 0 Å². The molecule has 112 valence electrons. The van der Waals surface area contributed by atoms with Gasteiger partial charge in [-0.25, -0.2) is 12.7 Å². The van der Waals surface area contributed by atoms with E-state index in [1.807, 2.05) is 0 Å². The molecule has 0 aromatic heterocycles. The summed E-state index contributed by atoms with van der Waals surface area (Å²) in [6, 6.07) is 0. The largest absolute Gasteiger partial charge is 0.393 e. The third kappa shape index (κ3) is 5.62. The maximum Gasteiger partial charge on any atom is 0.389 e. The van der Waals surface area contributed by atoms with E-state index in [0.717, 1.165) is 6.42 Å². The number of hydrogen-bond acceptors (Lipinski definition) is 3. The number of piperidine rings is 1. The summed E-state index contributed by atoms with van der Waals surface area (Å²) in [4.78, 5) is 0.259. The number of nitrogens with two attached hydrogens (primary N) is 1. The molecule has 9 heteroatoms. The molecule has 4 nitrogen and oxygen atoms in total. The molecular formula is C10H17F3N2O2S2. The van der Waals surface area contributed by atoms with Crippen molar-refractivity contribution in [2.45, 2.75) is 31.9 Å². The molecular weight excluding hydrogens is 301 g/mol. The monoisotopic (exact) mass is 318 g/mol. The third-order valence-electron chi connectivity index (χ3n) is 3.04. The van der Waals surface area contributed by atoms with Crippen molar-refractivity contribution < 1.29 is 21.6 Å². The topological polar surface area (TPSA) is 63.4 Å². The van der Waals surface area contributed by atoms with Crippen molar-refractivity contribution in [2.75, 3.05) is 18.8 Å². The second kappa shape index (κ2) is 6.36. The van der Waals surface area contributed by atoms with E-state index in [-0.39, 0.29) is 17.5 Å². The lowest BCUT2D eigenvalue weighted by atomic mass is 10.0. The first-order valence-corrected chi connectivity index (χ1v) is 7.97. The zero-order valence-corrected chi connectivity index (χ0v) is 12.0. The molecule has 1 rings (SSSR count). The Labute approximate surface area is 116 Å². The molecule has 1 aliphatic heterocycles. The van der Waals surface area contributed by atoms with Crippen LogP contribution in [0.1, 0.15) is 25.7 Å². The van der Waals surface area contributed by atoms with E-state index in [0.29, 0.717) is 13.0 Å². The van der Waals surface area contributed by atoms with E-state index in [2.05, 4.69) is 0 Å². The summed E-state index contributed by atoms with van der Waals surface area (Å²) < 4.78 is 61.0. The van der Waals surface area contributed by atoms with Crippen LogP contribution in [0.4, 0.5) is 13.2 Å². The average Bonchev–Trinajstić information content (AvgIpc) is 2.27. The SMILES string of the molecule is NC(=S)C1CCCN(S(=O)(=O)CCCC(F)(F)F)C1. The first kappa shape index (κ1) is 16.6. The van der Waals surface area contributed by atoms with Crippen molar-refractivity contribution in [2.24, 2.45) is 11.7 Å². The maximum absolute atomic E-state index is 12.0. The molecule has 1 aliphatic rings. The van der Waals surface area contributed by atoms with Crippen molar-refractivity contribution in [3.05, 3.63) is 0 Å². The molecule has 0 bridgehead atoms. The van der Waals surface area contributed by atoms with Crippen LogP contribution in [0.15, 0.2) is 0 Å². The van der Waals surface area contributed by atoms with Gasteiger partial charge >= 0.3 is 6.18 Å². The lowest BCUT2D eigenvalue weighted by molar-refractivity contribution is -0.134. The first-order chi connectivity index (χ1) is 8.62. The van der Waals surface area contributed by atoms with E-state index in [1.54, 1.807) is 0 Å². The second-order valence-electron chi connectivity index (χ2n) is 4.63. The number of nitrogens with zero attached hydrogens (tertiary/aromatic N) is 1. The van der Waals surface area contributed by atoms with E-state index < -0.39 is 34.8 Å². The average molecular weight is 318 g/mol. The van der Waals surface area contributed by atoms with Gasteiger partial charge in [-0.05, 0) is 19.3 Å². The fraction of sp³-hybridized carbons (Fsp3) is 0.900. The summed E-state index contributed by atoms with van der Waals surface area (Å²) in [6.45, 7) is 0.511. The summed E-state index contributed by atoms with van der Waals surface area (Å²) in [5.41, 5.74) is 5.49. The number of thiocarbonyl (C=S) groups is 1. The summed E-state index contributed by atoms with van der Waals surface area (Å²) in [5, 5.41) is 0. The van der Waals surface area contributed by atoms with E-state index >= 15 is 0 Å². The minimum absolute atomic E-state index is 0.179. The Morgan fingerprint density at radius 2 is 2.05 bits per heavy atom. The van der Waals surface area contributed by atoms with Gasteiger partial charge in [-0.15, -0.1) is 0 Å². The molecule has 1 saturated heterocycles. The van der Waals surface area contributed by atoms with Gasteiger partial charge in [0.25, 0.3) is 0 Å². The standard InChI is InChI=1S/C10H17F3N2O2S2/c11-10(12,13)4-2-6-19(16,17)15-5-1-3-8(7-15)9(14)18/h8H,1-7H2,(H2,14,18). The van der Waals surface area contributed by atoms with Gasteiger partial charge in [0.2, 0.25) is 10.0 Å². The predicted molar refractivity (Wildman–Crippen MR) is 70.2 cm³/mol. The highest BCUT2D eigenvalue weighted by molar-refractivity contribution is 7.89. The number of hydrogen-bond donors (Lipinski definition) is 1. The summed E-state index contributed by atoms with van der Waals surface area (Å²) >= 11 is 4.84. The Morgan fingerprint density at radius 1 is 1.42 bits per heavy atom. The molecule has 0 aromatic rings. The highest BCUT2D eigenvalue weighted by atomic mass is 32.2. The molecule has 1 heterocycles. The Balaban J connectivity index is 2.55. The molecule has 0 saturated carbocycles. The smallest absolute Gasteiger partial charge is 0.389 e. The normalized spacial score (nSPS) is 22.4. The van der Waals surface area contributed by atoms with E-state index in [1.165, 1.54) is 4.31 Å². The van der Waals surface area contributed by atoms with Crippen molar-refractivity contribution in [1.29, 1.82) is 0 Å². The molecule has 1 unspecified atom stereocenters. The van der Waals surface area contributed by atoms with Crippen molar-refractivity contribution in [3.63, 3.8) is 0 Å². The van der Waals surface area contributed by atoms with Gasteiger partial charge in [-0.2, -0.15) is 13.2 Å². The maximum atomic E-state index is 12.0. The highest BCUT2D eigenvalue weighted by Crippen LogP contribution is 2.24. The first-order valence-electron chi connectivity index (χ1n) is 5.96. The van der Waals surface area contributed by atoms with Crippen LogP contribution in [0, 0.1) is 5.92 Å². The molecule has 19 heavy (non-hydrogen) atoms. The van der Waals surface area contributed by atoms with Crippen LogP contribution in [0.25, 0.3) is 0 Å². The predicted octanol–water partition coefficient (Wildman–Crippen LogP) is 1.66. The summed E-state index contributed by atoms with van der Waals surface area (Å²) in [5.74, 6) is -0.669. The molecule has 0 radical (unpaired) electrons. The van der Waals surface area contributed by atoms with Crippen LogP contribution < -0.4 is 5.73 Å². The number of halogens is 3. The zero-order valence-electron chi connectivity index (χ0n) is 10.3. The number of sulfonamides is 1. The fourth-order valence-corrected chi connectivity index (χ4v) is 3.79. The molecule has 0 amide bonds. The van der Waals surface area contributed by atoms with Crippen molar-refractivity contribution in [1.82, 2.24) is 4.31 Å². The quantitative estimate of drug-likeness (QED) is 0.783. The van der Waals surface area contributed by atoms with Gasteiger partial charge in [-0.1, -0.05) is 12.2 Å². The number of rotatable bonds is 5. The van der Waals surface area contributed by atoms with Gasteiger partial charge in [0.1, 0.15) is 0 Å². The molecule has 1 fully saturated rings. The van der Waals surface area contributed by atoms with Gasteiger partial charge < -0.3 is 5.73 Å². The molecule has 0 aliphatic carbocycles. The van der Waals surface area contributed by atoms with Crippen LogP contribution >= 0.6 is 12.2 Å². The Kier molecular flexibility index (Phi) is 5.57. The fourth-order valence-electron chi connectivity index (χ4n) is 2.01. The van der Waals surface area contributed by atoms with Crippen molar-refractivity contribution in [3.8, 4) is 0 Å². The highest BCUT2D eigenvalue weighted by Gasteiger charge is 2.32. The minimum Gasteiger partial charge on any atom is -0.393 e. The van der Waals surface area contributed by atoms with E-state index in [4.69, 9.17) is 18.0 Å². The second-order valence-corrected chi connectivity index (χ2v) is 7.19. The Morgan fingerprint density at radius 3 is 2.58 bits per heavy atom. The Hall–Kier alpha value is -0.410. The van der Waals surface area contributed by atoms with Gasteiger partial charge in [0.05, 0.1) is 10.7 Å². The van der Waals surface area contributed by atoms with E-state index in [9.17, 15) is 21.6 Å². The van der Waals surface area contributed by atoms with Crippen molar-refractivity contribution >= 4 is 27.2 Å². The summed E-state index contributed by atoms with van der Waals surface area (Å²) in [7, 11) is -3.65. The molecule has 0 spiro atoms.